The summed E-state index contributed by atoms with van der Waals surface area (Å²) in [6.45, 7) is 12.1. The van der Waals surface area contributed by atoms with Crippen LogP contribution >= 0.6 is 0 Å². The summed E-state index contributed by atoms with van der Waals surface area (Å²) in [6, 6.07) is 15.8. The second-order valence-corrected chi connectivity index (χ2v) is 8.73. The average Bonchev–Trinajstić information content (AvgIpc) is 3.40. The molecule has 0 fully saturated rings. The zero-order chi connectivity index (χ0) is 28.1. The van der Waals surface area contributed by atoms with Gasteiger partial charge in [-0.25, -0.2) is 0 Å². The first-order valence-corrected chi connectivity index (χ1v) is 11.8. The van der Waals surface area contributed by atoms with Crippen LogP contribution in [0.5, 0.6) is 0 Å². The fourth-order valence-corrected chi connectivity index (χ4v) is 3.44. The molecule has 0 aliphatic heterocycles. The molecular weight excluding hydrogens is 512 g/mol. The van der Waals surface area contributed by atoms with Gasteiger partial charge in [0.05, 0.1) is 12.1 Å². The molecule has 3 N–H and O–H groups in total. The predicted molar refractivity (Wildman–Crippen MR) is 160 cm³/mol. The summed E-state index contributed by atoms with van der Waals surface area (Å²) in [5, 5.41) is 11.8. The number of fused-ring (bicyclic) bond motifs is 2. The van der Waals surface area contributed by atoms with Crippen LogP contribution < -0.4 is 40.6 Å². The Balaban J connectivity index is -0.000000525. The van der Waals surface area contributed by atoms with Gasteiger partial charge in [-0.3, -0.25) is 14.4 Å². The van der Waals surface area contributed by atoms with Crippen molar-refractivity contribution in [2.24, 2.45) is 19.8 Å². The van der Waals surface area contributed by atoms with Gasteiger partial charge in [-0.2, -0.15) is 0 Å². The summed E-state index contributed by atoms with van der Waals surface area (Å²) in [5.41, 5.74) is 9.39. The van der Waals surface area contributed by atoms with Crippen LogP contribution in [0.2, 0.25) is 0 Å². The average molecular weight is 552 g/mol. The van der Waals surface area contributed by atoms with Crippen molar-refractivity contribution < 1.29 is 43.9 Å². The number of para-hydroxylation sites is 2. The third kappa shape index (κ3) is 12.0. The summed E-state index contributed by atoms with van der Waals surface area (Å²) >= 11 is 0. The van der Waals surface area contributed by atoms with Crippen molar-refractivity contribution in [3.05, 3.63) is 78.6 Å². The molecule has 0 aliphatic rings. The molecule has 0 unspecified atom stereocenters. The van der Waals surface area contributed by atoms with Crippen molar-refractivity contribution in [1.29, 1.82) is 5.26 Å². The molecule has 8 nitrogen and oxygen atoms in total. The fraction of sp³-hybridized carbons (Fsp3) is 0.333. The Morgan fingerprint density at radius 3 is 1.80 bits per heavy atom. The number of carbonyl (C=O) groups excluding carboxylic acids is 3. The summed E-state index contributed by atoms with van der Waals surface area (Å²) < 4.78 is 4.07. The molecule has 2 heterocycles. The van der Waals surface area contributed by atoms with Crippen LogP contribution in [0.1, 0.15) is 51.0 Å². The van der Waals surface area contributed by atoms with Crippen molar-refractivity contribution >= 4 is 48.1 Å². The van der Waals surface area contributed by atoms with Gasteiger partial charge in [0.25, 0.3) is 0 Å². The van der Waals surface area contributed by atoms with E-state index < -0.39 is 0 Å². The number of nitrogens with two attached hydrogens (primary N) is 1. The monoisotopic (exact) mass is 552 g/mol. The molecule has 10 heteroatoms. The van der Waals surface area contributed by atoms with Gasteiger partial charge >= 0.3 is 29.6 Å². The normalized spacial score (nSPS) is 10.7. The van der Waals surface area contributed by atoms with Crippen molar-refractivity contribution in [1.82, 2.24) is 14.5 Å². The number of nitrogens with one attached hydrogen (secondary N) is 1. The van der Waals surface area contributed by atoms with E-state index in [1.165, 1.54) is 23.4 Å². The Kier molecular flexibility index (Phi) is 21.6. The number of aldehydes is 1. The first-order chi connectivity index (χ1) is 17.6. The number of aryl methyl sites for hydroxylation is 2. The zero-order valence-electron chi connectivity index (χ0n) is 23.9. The van der Waals surface area contributed by atoms with Gasteiger partial charge in [0.15, 0.2) is 6.29 Å². The van der Waals surface area contributed by atoms with E-state index in [1.807, 2.05) is 68.2 Å². The van der Waals surface area contributed by atoms with E-state index in [1.54, 1.807) is 13.8 Å². The van der Waals surface area contributed by atoms with Gasteiger partial charge in [0, 0.05) is 68.8 Å². The van der Waals surface area contributed by atoms with Crippen molar-refractivity contribution in [2.75, 3.05) is 0 Å². The molecular formula is C30H40BN5NaO3. The van der Waals surface area contributed by atoms with Crippen LogP contribution in [-0.2, 0) is 30.2 Å². The Morgan fingerprint density at radius 1 is 0.925 bits per heavy atom. The van der Waals surface area contributed by atoms with Crippen LogP contribution in [0.15, 0.2) is 60.9 Å². The minimum atomic E-state index is -0.287. The molecule has 0 saturated carbocycles. The molecule has 3 radical (unpaired) electrons. The minimum Gasteiger partial charge on any atom is -0.512 e. The van der Waals surface area contributed by atoms with E-state index >= 15 is 0 Å². The van der Waals surface area contributed by atoms with Gasteiger partial charge in [0.1, 0.15) is 11.6 Å². The second kappa shape index (κ2) is 20.8. The summed E-state index contributed by atoms with van der Waals surface area (Å²) in [5.74, 6) is 0.209. The quantitative estimate of drug-likeness (QED) is 0.213. The van der Waals surface area contributed by atoms with E-state index in [-0.39, 0.29) is 69.0 Å². The summed E-state index contributed by atoms with van der Waals surface area (Å²) in [7, 11) is 3.98. The molecule has 0 amide bonds. The van der Waals surface area contributed by atoms with Crippen molar-refractivity contribution in [2.45, 2.75) is 53.8 Å². The Bertz CT molecular complexity index is 1360. The number of hydrogen-bond acceptors (Lipinski definition) is 6. The predicted octanol–water partition coefficient (Wildman–Crippen LogP) is 1.51. The number of carbonyl (C=O) groups is 3. The van der Waals surface area contributed by atoms with E-state index in [9.17, 15) is 14.4 Å². The van der Waals surface area contributed by atoms with Crippen LogP contribution in [0.25, 0.3) is 21.8 Å². The first-order valence-electron chi connectivity index (χ1n) is 11.8. The number of ketones is 2. The third-order valence-corrected chi connectivity index (χ3v) is 5.88. The molecule has 4 rings (SSSR count). The number of hydrogen-bond donors (Lipinski definition) is 2. The van der Waals surface area contributed by atoms with Gasteiger partial charge in [-0.05, 0) is 45.4 Å². The maximum absolute atomic E-state index is 11.2. The molecule has 207 valence electrons. The second-order valence-electron chi connectivity index (χ2n) is 8.73. The molecule has 0 saturated heterocycles. The third-order valence-electron chi connectivity index (χ3n) is 5.88. The Labute approximate surface area is 262 Å². The largest absolute Gasteiger partial charge is 1.00 e. The van der Waals surface area contributed by atoms with Gasteiger partial charge in [-0.15, -0.1) is 0 Å². The first kappa shape index (κ1) is 41.5. The van der Waals surface area contributed by atoms with Crippen LogP contribution in [0.4, 0.5) is 0 Å². The minimum absolute atomic E-state index is 0. The number of rotatable bonds is 6. The molecule has 4 aromatic rings. The van der Waals surface area contributed by atoms with Crippen molar-refractivity contribution in [3.63, 3.8) is 0 Å². The smallest absolute Gasteiger partial charge is 0.512 e. The summed E-state index contributed by atoms with van der Waals surface area (Å²) in [6.07, 6.45) is 4.85. The Hall–Kier alpha value is -3.00. The number of benzene rings is 2. The van der Waals surface area contributed by atoms with Gasteiger partial charge < -0.3 is 32.0 Å². The maximum atomic E-state index is 11.2. The van der Waals surface area contributed by atoms with E-state index in [2.05, 4.69) is 28.2 Å². The number of Topliss-reactive ketones (excluding diaryl/α,β-unsaturated/α-hetero) is 2. The van der Waals surface area contributed by atoms with Crippen molar-refractivity contribution in [3.8, 4) is 0 Å². The van der Waals surface area contributed by atoms with Crippen LogP contribution in [-0.4, -0.2) is 47.5 Å². The molecule has 0 spiro atoms. The molecule has 40 heavy (non-hydrogen) atoms. The molecule has 0 bridgehead atoms. The van der Waals surface area contributed by atoms with E-state index in [4.69, 9.17) is 17.6 Å². The molecule has 0 aliphatic carbocycles. The SMILES string of the molecule is C.CC(=O)[C@H](C)N.CC(=O)[C@H](C)NCc1cn(C)c2ccccc12.Cn1cc(C=O)c2ccccc21.[B].[C-]#N.[Na+]. The zero-order valence-corrected chi connectivity index (χ0v) is 25.9. The standard InChI is InChI=1S/C14H18N2O.C10H9NO.C4H9NO.CN.CH4.B.Na/c1-10(11(2)17)15-8-12-9-16(3)14-7-5-4-6-13(12)14;1-11-6-8(7-12)9-4-2-3-5-10(9)11;1-3(5)4(2)6;1-2;;;/h4-7,9-10,15H,8H2,1-3H3;2-7H,1H3;3H,5H2,1-2H3;;1H4;;/q;;;-1;;;+1/t10-;;3-;;;;/m0.0..../s1. The van der Waals surface area contributed by atoms with E-state index in [0.717, 1.165) is 29.3 Å². The summed E-state index contributed by atoms with van der Waals surface area (Å²) in [4.78, 5) is 31.8. The molecule has 2 aromatic carbocycles. The van der Waals surface area contributed by atoms with E-state index in [0.29, 0.717) is 0 Å². The topological polar surface area (TPSA) is 123 Å². The fourth-order valence-electron chi connectivity index (χ4n) is 3.44. The maximum Gasteiger partial charge on any atom is 1.00 e. The van der Waals surface area contributed by atoms with Gasteiger partial charge in [-0.1, -0.05) is 43.8 Å². The van der Waals surface area contributed by atoms with Gasteiger partial charge in [0.2, 0.25) is 0 Å². The number of aromatic nitrogens is 2. The molecule has 2 aromatic heterocycles. The van der Waals surface area contributed by atoms with Crippen LogP contribution in [0.3, 0.4) is 0 Å². The van der Waals surface area contributed by atoms with Crippen LogP contribution in [0, 0.1) is 11.8 Å². The number of nitrogens with zero attached hydrogens (tertiary/aromatic N) is 3. The Morgan fingerprint density at radius 2 is 1.35 bits per heavy atom. The molecule has 2 atom stereocenters.